The number of halogens is 3. The minimum absolute atomic E-state index is 0.0163. The molecule has 1 N–H and O–H groups in total. The van der Waals surface area contributed by atoms with E-state index in [9.17, 15) is 18.0 Å². The van der Waals surface area contributed by atoms with Gasteiger partial charge in [0.1, 0.15) is 12.6 Å². The van der Waals surface area contributed by atoms with Crippen molar-refractivity contribution in [2.75, 3.05) is 10.8 Å². The normalized spacial score (nSPS) is 12.9. The van der Waals surface area contributed by atoms with Crippen LogP contribution in [0.5, 0.6) is 0 Å². The van der Waals surface area contributed by atoms with E-state index < -0.39 is 28.5 Å². The van der Waals surface area contributed by atoms with Gasteiger partial charge in [-0.25, -0.2) is 8.42 Å². The first-order valence-corrected chi connectivity index (χ1v) is 14.9. The molecule has 0 saturated carbocycles. The molecule has 7 nitrogen and oxygen atoms in total. The van der Waals surface area contributed by atoms with Gasteiger partial charge in [-0.2, -0.15) is 0 Å². The minimum Gasteiger partial charge on any atom is -0.352 e. The van der Waals surface area contributed by atoms with Crippen LogP contribution in [0.2, 0.25) is 15.1 Å². The first-order chi connectivity index (χ1) is 18.4. The molecule has 2 amide bonds. The number of nitrogens with one attached hydrogen (secondary N) is 1. The Labute approximate surface area is 244 Å². The average Bonchev–Trinajstić information content (AvgIpc) is 2.91. The van der Waals surface area contributed by atoms with Crippen LogP contribution in [0.4, 0.5) is 5.69 Å². The fourth-order valence-electron chi connectivity index (χ4n) is 3.74. The van der Waals surface area contributed by atoms with Gasteiger partial charge in [0.15, 0.2) is 0 Å². The Morgan fingerprint density at radius 2 is 1.51 bits per heavy atom. The lowest BCUT2D eigenvalue weighted by Crippen LogP contribution is -2.52. The van der Waals surface area contributed by atoms with Crippen LogP contribution >= 0.6 is 34.8 Å². The van der Waals surface area contributed by atoms with E-state index in [-0.39, 0.29) is 29.1 Å². The van der Waals surface area contributed by atoms with Crippen LogP contribution < -0.4 is 9.62 Å². The molecule has 0 bridgehead atoms. The molecule has 0 radical (unpaired) electrons. The molecule has 208 valence electrons. The second kappa shape index (κ2) is 13.5. The first-order valence-electron chi connectivity index (χ1n) is 12.3. The fourth-order valence-corrected chi connectivity index (χ4v) is 5.77. The molecule has 0 fully saturated rings. The highest BCUT2D eigenvalue weighted by atomic mass is 35.5. The highest BCUT2D eigenvalue weighted by Gasteiger charge is 2.33. The Hall–Kier alpha value is -2.78. The molecule has 0 heterocycles. The molecule has 3 aromatic rings. The van der Waals surface area contributed by atoms with Crippen molar-refractivity contribution in [3.63, 3.8) is 0 Å². The number of rotatable bonds is 11. The van der Waals surface area contributed by atoms with Crippen LogP contribution in [0.1, 0.15) is 32.8 Å². The maximum atomic E-state index is 13.9. The standard InChI is InChI=1S/C28H30Cl3N3O4S/c1-4-19(2)32-28(36)20(3)33(17-21-10-11-23(30)16-26(21)31)27(35)18-34(24-14-12-22(29)13-15-24)39(37,38)25-8-6-5-7-9-25/h5-16,19-20H,4,17-18H2,1-3H3,(H,32,36)/t19-,20-/m1/s1. The summed E-state index contributed by atoms with van der Waals surface area (Å²) in [5.74, 6) is -0.964. The summed E-state index contributed by atoms with van der Waals surface area (Å²) in [5, 5.41) is 4.05. The lowest BCUT2D eigenvalue weighted by atomic mass is 10.1. The zero-order chi connectivity index (χ0) is 28.7. The summed E-state index contributed by atoms with van der Waals surface area (Å²) in [6.07, 6.45) is 0.703. The largest absolute Gasteiger partial charge is 0.352 e. The summed E-state index contributed by atoms with van der Waals surface area (Å²) in [7, 11) is -4.15. The number of hydrogen-bond acceptors (Lipinski definition) is 4. The van der Waals surface area contributed by atoms with Crippen LogP contribution in [-0.2, 0) is 26.2 Å². The molecule has 0 unspecified atom stereocenters. The molecule has 2 atom stereocenters. The zero-order valence-electron chi connectivity index (χ0n) is 21.8. The summed E-state index contributed by atoms with van der Waals surface area (Å²) >= 11 is 18.5. The minimum atomic E-state index is -4.15. The predicted molar refractivity (Wildman–Crippen MR) is 157 cm³/mol. The van der Waals surface area contributed by atoms with Crippen molar-refractivity contribution in [1.29, 1.82) is 0 Å². The zero-order valence-corrected chi connectivity index (χ0v) is 24.9. The maximum Gasteiger partial charge on any atom is 0.264 e. The second-order valence-corrected chi connectivity index (χ2v) is 12.2. The summed E-state index contributed by atoms with van der Waals surface area (Å²) in [6, 6.07) is 17.8. The Balaban J connectivity index is 2.03. The van der Waals surface area contributed by atoms with Crippen molar-refractivity contribution in [1.82, 2.24) is 10.2 Å². The van der Waals surface area contributed by atoms with Gasteiger partial charge < -0.3 is 10.2 Å². The third kappa shape index (κ3) is 7.88. The number of benzene rings is 3. The van der Waals surface area contributed by atoms with E-state index in [1.165, 1.54) is 29.2 Å². The van der Waals surface area contributed by atoms with Gasteiger partial charge in [0.2, 0.25) is 11.8 Å². The molecular weight excluding hydrogens is 581 g/mol. The van der Waals surface area contributed by atoms with Gasteiger partial charge in [0, 0.05) is 27.7 Å². The average molecular weight is 611 g/mol. The molecule has 0 aromatic heterocycles. The van der Waals surface area contributed by atoms with Gasteiger partial charge in [-0.1, -0.05) is 66.0 Å². The summed E-state index contributed by atoms with van der Waals surface area (Å²) in [5.41, 5.74) is 0.805. The molecule has 39 heavy (non-hydrogen) atoms. The van der Waals surface area contributed by atoms with Gasteiger partial charge in [-0.3, -0.25) is 13.9 Å². The third-order valence-corrected chi connectivity index (χ3v) is 8.88. The van der Waals surface area contributed by atoms with Crippen LogP contribution in [0.25, 0.3) is 0 Å². The van der Waals surface area contributed by atoms with E-state index >= 15 is 0 Å². The topological polar surface area (TPSA) is 86.8 Å². The van der Waals surface area contributed by atoms with Crippen LogP contribution in [0.15, 0.2) is 77.7 Å². The summed E-state index contributed by atoms with van der Waals surface area (Å²) in [4.78, 5) is 28.3. The van der Waals surface area contributed by atoms with Crippen LogP contribution in [-0.4, -0.2) is 43.8 Å². The molecular formula is C28H30Cl3N3O4S. The number of sulfonamides is 1. The lowest BCUT2D eigenvalue weighted by Gasteiger charge is -2.32. The number of anilines is 1. The van der Waals surface area contributed by atoms with Gasteiger partial charge in [0.25, 0.3) is 10.0 Å². The lowest BCUT2D eigenvalue weighted by molar-refractivity contribution is -0.139. The number of hydrogen-bond donors (Lipinski definition) is 1. The summed E-state index contributed by atoms with van der Waals surface area (Å²) < 4.78 is 28.5. The molecule has 0 saturated heterocycles. The van der Waals surface area contributed by atoms with Crippen molar-refractivity contribution in [3.8, 4) is 0 Å². The van der Waals surface area contributed by atoms with Crippen molar-refractivity contribution in [3.05, 3.63) is 93.4 Å². The van der Waals surface area contributed by atoms with Gasteiger partial charge in [-0.15, -0.1) is 0 Å². The fraction of sp³-hybridized carbons (Fsp3) is 0.286. The molecule has 0 aliphatic carbocycles. The van der Waals surface area contributed by atoms with Crippen molar-refractivity contribution in [2.24, 2.45) is 0 Å². The van der Waals surface area contributed by atoms with E-state index in [1.54, 1.807) is 55.5 Å². The van der Waals surface area contributed by atoms with Crippen LogP contribution in [0.3, 0.4) is 0 Å². The number of carbonyl (C=O) groups excluding carboxylic acids is 2. The number of nitrogens with zero attached hydrogens (tertiary/aromatic N) is 2. The monoisotopic (exact) mass is 609 g/mol. The van der Waals surface area contributed by atoms with Gasteiger partial charge >= 0.3 is 0 Å². The second-order valence-electron chi connectivity index (χ2n) is 9.05. The quantitative estimate of drug-likeness (QED) is 0.281. The van der Waals surface area contributed by atoms with Crippen molar-refractivity contribution in [2.45, 2.75) is 50.7 Å². The Kier molecular flexibility index (Phi) is 10.7. The van der Waals surface area contributed by atoms with Gasteiger partial charge in [0.05, 0.1) is 10.6 Å². The maximum absolute atomic E-state index is 13.9. The Morgan fingerprint density at radius 3 is 2.10 bits per heavy atom. The van der Waals surface area contributed by atoms with E-state index in [2.05, 4.69) is 5.32 Å². The molecule has 3 rings (SSSR count). The number of amides is 2. The Morgan fingerprint density at radius 1 is 0.897 bits per heavy atom. The number of carbonyl (C=O) groups is 2. The van der Waals surface area contributed by atoms with Gasteiger partial charge in [-0.05, 0) is 74.4 Å². The molecule has 3 aromatic carbocycles. The van der Waals surface area contributed by atoms with E-state index in [4.69, 9.17) is 34.8 Å². The smallest absolute Gasteiger partial charge is 0.264 e. The van der Waals surface area contributed by atoms with E-state index in [1.807, 2.05) is 13.8 Å². The molecule has 0 aliphatic rings. The van der Waals surface area contributed by atoms with Crippen molar-refractivity contribution >= 4 is 62.3 Å². The van der Waals surface area contributed by atoms with Crippen LogP contribution in [0, 0.1) is 0 Å². The van der Waals surface area contributed by atoms with E-state index in [0.29, 0.717) is 27.1 Å². The highest BCUT2D eigenvalue weighted by Crippen LogP contribution is 2.27. The predicted octanol–water partition coefficient (Wildman–Crippen LogP) is 6.17. The van der Waals surface area contributed by atoms with Crippen molar-refractivity contribution < 1.29 is 18.0 Å². The SMILES string of the molecule is CC[C@@H](C)NC(=O)[C@@H](C)N(Cc1ccc(Cl)cc1Cl)C(=O)CN(c1ccc(Cl)cc1)S(=O)(=O)c1ccccc1. The third-order valence-electron chi connectivity index (χ3n) is 6.25. The Bertz CT molecular complexity index is 1400. The molecule has 0 aliphatic heterocycles. The molecule has 11 heteroatoms. The summed E-state index contributed by atoms with van der Waals surface area (Å²) in [6.45, 7) is 4.79. The van der Waals surface area contributed by atoms with E-state index in [0.717, 1.165) is 4.31 Å². The first kappa shape index (κ1) is 30.8. The highest BCUT2D eigenvalue weighted by molar-refractivity contribution is 7.92. The molecule has 0 spiro atoms.